The van der Waals surface area contributed by atoms with Crippen LogP contribution in [-0.2, 0) is 14.8 Å². The van der Waals surface area contributed by atoms with E-state index in [2.05, 4.69) is 21.4 Å². The van der Waals surface area contributed by atoms with Crippen LogP contribution in [-0.4, -0.2) is 30.0 Å². The van der Waals surface area contributed by atoms with Gasteiger partial charge in [-0.15, -0.1) is 23.1 Å². The predicted molar refractivity (Wildman–Crippen MR) is 104 cm³/mol. The molecule has 0 saturated carbocycles. The minimum Gasteiger partial charge on any atom is -0.326 e. The van der Waals surface area contributed by atoms with Crippen LogP contribution in [0.15, 0.2) is 46.6 Å². The molecule has 0 unspecified atom stereocenters. The van der Waals surface area contributed by atoms with E-state index in [0.29, 0.717) is 17.9 Å². The fraction of sp³-hybridized carbons (Fsp3) is 0.188. The third-order valence-electron chi connectivity index (χ3n) is 3.45. The Morgan fingerprint density at radius 3 is 2.69 bits per heavy atom. The zero-order valence-electron chi connectivity index (χ0n) is 13.8. The summed E-state index contributed by atoms with van der Waals surface area (Å²) in [6.45, 7) is 2.02. The number of thioether (sulfide) groups is 1. The number of aryl methyl sites for hydroxylation is 1. The van der Waals surface area contributed by atoms with E-state index in [1.54, 1.807) is 11.3 Å². The van der Waals surface area contributed by atoms with Crippen LogP contribution in [0, 0.1) is 6.92 Å². The van der Waals surface area contributed by atoms with Crippen molar-refractivity contribution in [3.05, 3.63) is 41.5 Å². The molecule has 1 aromatic carbocycles. The summed E-state index contributed by atoms with van der Waals surface area (Å²) in [5.74, 6) is 0.412. The zero-order chi connectivity index (χ0) is 18.7. The fourth-order valence-corrected chi connectivity index (χ4v) is 4.60. The summed E-state index contributed by atoms with van der Waals surface area (Å²) in [6.07, 6.45) is 1.84. The number of primary sulfonamides is 1. The minimum absolute atomic E-state index is 0.00453. The molecule has 26 heavy (non-hydrogen) atoms. The van der Waals surface area contributed by atoms with Gasteiger partial charge in [-0.3, -0.25) is 4.79 Å². The highest BCUT2D eigenvalue weighted by atomic mass is 32.2. The van der Waals surface area contributed by atoms with Crippen molar-refractivity contribution >= 4 is 54.9 Å². The van der Waals surface area contributed by atoms with Crippen molar-refractivity contribution in [1.82, 2.24) is 9.97 Å². The molecular weight excluding hydrogens is 392 g/mol. The van der Waals surface area contributed by atoms with E-state index in [9.17, 15) is 13.2 Å². The number of benzene rings is 1. The first kappa shape index (κ1) is 18.8. The highest BCUT2D eigenvalue weighted by Gasteiger charge is 2.10. The van der Waals surface area contributed by atoms with Crippen molar-refractivity contribution in [2.45, 2.75) is 23.3 Å². The molecule has 136 valence electrons. The number of sulfonamides is 1. The van der Waals surface area contributed by atoms with E-state index in [1.807, 2.05) is 6.92 Å². The first-order chi connectivity index (χ1) is 12.3. The largest absolute Gasteiger partial charge is 0.326 e. The molecule has 0 aliphatic heterocycles. The Hall–Kier alpha value is -2.01. The summed E-state index contributed by atoms with van der Waals surface area (Å²) in [7, 11) is -3.74. The Bertz CT molecular complexity index is 1050. The number of nitrogens with two attached hydrogens (primary N) is 1. The molecule has 0 fully saturated rings. The van der Waals surface area contributed by atoms with E-state index in [-0.39, 0.29) is 10.8 Å². The van der Waals surface area contributed by atoms with Gasteiger partial charge in [-0.2, -0.15) is 0 Å². The van der Waals surface area contributed by atoms with Crippen LogP contribution in [0.3, 0.4) is 0 Å². The van der Waals surface area contributed by atoms with Crippen molar-refractivity contribution < 1.29 is 13.2 Å². The van der Waals surface area contributed by atoms with Gasteiger partial charge in [0.1, 0.15) is 16.2 Å². The van der Waals surface area contributed by atoms with Crippen LogP contribution in [0.2, 0.25) is 0 Å². The van der Waals surface area contributed by atoms with Crippen molar-refractivity contribution in [3.63, 3.8) is 0 Å². The summed E-state index contributed by atoms with van der Waals surface area (Å²) >= 11 is 3.12. The maximum absolute atomic E-state index is 12.1. The average Bonchev–Trinajstić information content (AvgIpc) is 2.95. The topological polar surface area (TPSA) is 115 Å². The van der Waals surface area contributed by atoms with Crippen LogP contribution >= 0.6 is 23.1 Å². The highest BCUT2D eigenvalue weighted by Crippen LogP contribution is 2.30. The Kier molecular flexibility index (Phi) is 5.56. The summed E-state index contributed by atoms with van der Waals surface area (Å²) in [5, 5.41) is 9.65. The van der Waals surface area contributed by atoms with E-state index >= 15 is 0 Å². The fourth-order valence-electron chi connectivity index (χ4n) is 2.26. The third-order valence-corrected chi connectivity index (χ3v) is 6.35. The monoisotopic (exact) mass is 408 g/mol. The van der Waals surface area contributed by atoms with Gasteiger partial charge >= 0.3 is 0 Å². The molecule has 2 heterocycles. The Labute approximate surface area is 159 Å². The molecule has 2 aromatic heterocycles. The van der Waals surface area contributed by atoms with Crippen molar-refractivity contribution in [1.29, 1.82) is 0 Å². The molecule has 0 radical (unpaired) electrons. The maximum atomic E-state index is 12.1. The van der Waals surface area contributed by atoms with Gasteiger partial charge in [0.05, 0.1) is 4.90 Å². The van der Waals surface area contributed by atoms with Gasteiger partial charge in [0, 0.05) is 28.1 Å². The Balaban J connectivity index is 1.55. The number of carbonyl (C=O) groups is 1. The molecule has 3 N–H and O–H groups in total. The van der Waals surface area contributed by atoms with Gasteiger partial charge in [0.15, 0.2) is 0 Å². The molecule has 1 amide bonds. The summed E-state index contributed by atoms with van der Waals surface area (Å²) in [6, 6.07) is 7.78. The second-order valence-corrected chi connectivity index (χ2v) is 9.35. The van der Waals surface area contributed by atoms with Crippen LogP contribution in [0.25, 0.3) is 10.2 Å². The third kappa shape index (κ3) is 4.58. The second-order valence-electron chi connectivity index (χ2n) is 5.47. The van der Waals surface area contributed by atoms with Gasteiger partial charge in [-0.05, 0) is 37.3 Å². The van der Waals surface area contributed by atoms with E-state index in [0.717, 1.165) is 15.2 Å². The molecule has 3 aromatic rings. The van der Waals surface area contributed by atoms with Gasteiger partial charge in [-0.25, -0.2) is 23.5 Å². The van der Waals surface area contributed by atoms with E-state index < -0.39 is 10.0 Å². The predicted octanol–water partition coefficient (Wildman–Crippen LogP) is 2.77. The molecule has 0 saturated heterocycles. The van der Waals surface area contributed by atoms with Crippen molar-refractivity contribution in [3.8, 4) is 0 Å². The molecule has 0 atom stereocenters. The second kappa shape index (κ2) is 7.70. The van der Waals surface area contributed by atoms with Gasteiger partial charge in [-0.1, -0.05) is 0 Å². The molecule has 0 bridgehead atoms. The molecule has 0 aliphatic rings. The Morgan fingerprint density at radius 2 is 2.00 bits per heavy atom. The maximum Gasteiger partial charge on any atom is 0.238 e. The SMILES string of the molecule is Cc1cc2c(SCCC(=O)Nc3ccc(S(N)(=O)=O)cc3)ncnc2s1. The van der Waals surface area contributed by atoms with Crippen molar-refractivity contribution in [2.75, 3.05) is 11.1 Å². The lowest BCUT2D eigenvalue weighted by Gasteiger charge is -2.06. The number of fused-ring (bicyclic) bond motifs is 1. The lowest BCUT2D eigenvalue weighted by Crippen LogP contribution is -2.14. The number of thiophene rings is 1. The number of nitrogens with zero attached hydrogens (tertiary/aromatic N) is 2. The molecule has 3 rings (SSSR count). The number of rotatable bonds is 6. The quantitative estimate of drug-likeness (QED) is 0.479. The highest BCUT2D eigenvalue weighted by molar-refractivity contribution is 7.99. The first-order valence-electron chi connectivity index (χ1n) is 7.59. The van der Waals surface area contributed by atoms with E-state index in [4.69, 9.17) is 5.14 Å². The van der Waals surface area contributed by atoms with Crippen LogP contribution in [0.5, 0.6) is 0 Å². The van der Waals surface area contributed by atoms with E-state index in [1.165, 1.54) is 47.2 Å². The molecule has 10 heteroatoms. The van der Waals surface area contributed by atoms with Gasteiger partial charge < -0.3 is 5.32 Å². The molecular formula is C16H16N4O3S3. The van der Waals surface area contributed by atoms with Crippen LogP contribution in [0.1, 0.15) is 11.3 Å². The summed E-state index contributed by atoms with van der Waals surface area (Å²) in [4.78, 5) is 22.7. The zero-order valence-corrected chi connectivity index (χ0v) is 16.2. The molecule has 7 nitrogen and oxygen atoms in total. The van der Waals surface area contributed by atoms with Crippen LogP contribution < -0.4 is 10.5 Å². The lowest BCUT2D eigenvalue weighted by molar-refractivity contribution is -0.115. The molecule has 0 aliphatic carbocycles. The number of nitrogens with one attached hydrogen (secondary N) is 1. The number of aromatic nitrogens is 2. The average molecular weight is 409 g/mol. The number of hydrogen-bond donors (Lipinski definition) is 2. The number of amides is 1. The van der Waals surface area contributed by atoms with Gasteiger partial charge in [0.25, 0.3) is 0 Å². The summed E-state index contributed by atoms with van der Waals surface area (Å²) in [5.41, 5.74) is 0.519. The first-order valence-corrected chi connectivity index (χ1v) is 10.9. The number of anilines is 1. The smallest absolute Gasteiger partial charge is 0.238 e. The number of carbonyl (C=O) groups excluding carboxylic acids is 1. The molecule has 0 spiro atoms. The lowest BCUT2D eigenvalue weighted by atomic mass is 10.3. The Morgan fingerprint density at radius 1 is 1.27 bits per heavy atom. The number of hydrogen-bond acceptors (Lipinski definition) is 7. The minimum atomic E-state index is -3.74. The van der Waals surface area contributed by atoms with Crippen molar-refractivity contribution in [2.24, 2.45) is 5.14 Å². The normalized spacial score (nSPS) is 11.6. The standard InChI is InChI=1S/C16H16N4O3S3/c1-10-8-13-15(18-9-19-16(13)25-10)24-7-6-14(21)20-11-2-4-12(5-3-11)26(17,22)23/h2-5,8-9H,6-7H2,1H3,(H,20,21)(H2,17,22,23). The summed E-state index contributed by atoms with van der Waals surface area (Å²) < 4.78 is 22.4. The van der Waals surface area contributed by atoms with Gasteiger partial charge in [0.2, 0.25) is 15.9 Å². The van der Waals surface area contributed by atoms with Crippen LogP contribution in [0.4, 0.5) is 5.69 Å².